The van der Waals surface area contributed by atoms with E-state index in [-0.39, 0.29) is 24.3 Å². The summed E-state index contributed by atoms with van der Waals surface area (Å²) in [6.07, 6.45) is 1.66. The first kappa shape index (κ1) is 26.9. The SMILES string of the molecule is CCOc1cc(/C=C2\SC(=O)N(Cc3ccccc3Cl)C2=O)cc(Br)c1OCc1ccc(Cl)cc1Cl. The fourth-order valence-electron chi connectivity index (χ4n) is 3.45. The highest BCUT2D eigenvalue weighted by Gasteiger charge is 2.35. The number of hydrogen-bond acceptors (Lipinski definition) is 5. The van der Waals surface area contributed by atoms with Gasteiger partial charge in [-0.15, -0.1) is 0 Å². The normalized spacial score (nSPS) is 14.6. The van der Waals surface area contributed by atoms with Gasteiger partial charge in [-0.1, -0.05) is 59.1 Å². The molecule has 2 amide bonds. The van der Waals surface area contributed by atoms with Gasteiger partial charge < -0.3 is 9.47 Å². The zero-order chi connectivity index (χ0) is 25.8. The van der Waals surface area contributed by atoms with Crippen LogP contribution < -0.4 is 9.47 Å². The van der Waals surface area contributed by atoms with Gasteiger partial charge in [0.1, 0.15) is 6.61 Å². The van der Waals surface area contributed by atoms with E-state index in [2.05, 4.69) is 15.9 Å². The van der Waals surface area contributed by atoms with Gasteiger partial charge in [0.15, 0.2) is 11.5 Å². The first-order valence-corrected chi connectivity index (χ1v) is 13.5. The number of carbonyl (C=O) groups excluding carboxylic acids is 2. The molecule has 1 aliphatic heterocycles. The lowest BCUT2D eigenvalue weighted by atomic mass is 10.1. The molecule has 1 saturated heterocycles. The van der Waals surface area contributed by atoms with Gasteiger partial charge in [-0.05, 0) is 82.2 Å². The van der Waals surface area contributed by atoms with E-state index in [4.69, 9.17) is 44.3 Å². The van der Waals surface area contributed by atoms with Crippen LogP contribution in [0.15, 0.2) is 64.0 Å². The molecule has 3 aromatic carbocycles. The summed E-state index contributed by atoms with van der Waals surface area (Å²) in [7, 11) is 0. The Morgan fingerprint density at radius 3 is 2.47 bits per heavy atom. The second-order valence-electron chi connectivity index (χ2n) is 7.65. The fraction of sp³-hybridized carbons (Fsp3) is 0.154. The van der Waals surface area contributed by atoms with Crippen LogP contribution in [0.25, 0.3) is 6.08 Å². The maximum Gasteiger partial charge on any atom is 0.293 e. The van der Waals surface area contributed by atoms with E-state index in [1.54, 1.807) is 54.6 Å². The zero-order valence-corrected chi connectivity index (χ0v) is 23.6. The van der Waals surface area contributed by atoms with Crippen molar-refractivity contribution >= 4 is 79.7 Å². The van der Waals surface area contributed by atoms with Gasteiger partial charge in [-0.3, -0.25) is 14.5 Å². The summed E-state index contributed by atoms with van der Waals surface area (Å²) in [6.45, 7) is 2.58. The second-order valence-corrected chi connectivity index (χ2v) is 10.7. The monoisotopic (exact) mass is 625 g/mol. The molecule has 0 N–H and O–H groups in total. The van der Waals surface area contributed by atoms with E-state index in [9.17, 15) is 9.59 Å². The topological polar surface area (TPSA) is 55.8 Å². The van der Waals surface area contributed by atoms with Gasteiger partial charge in [-0.2, -0.15) is 0 Å². The molecule has 0 aliphatic carbocycles. The Bertz CT molecular complexity index is 1370. The Kier molecular flexibility index (Phi) is 8.91. The van der Waals surface area contributed by atoms with Crippen molar-refractivity contribution in [1.29, 1.82) is 0 Å². The number of benzene rings is 3. The number of amides is 2. The summed E-state index contributed by atoms with van der Waals surface area (Å²) in [4.78, 5) is 27.1. The van der Waals surface area contributed by atoms with Crippen molar-refractivity contribution in [3.8, 4) is 11.5 Å². The average molecular weight is 628 g/mol. The Balaban J connectivity index is 1.57. The molecule has 186 valence electrons. The predicted molar refractivity (Wildman–Crippen MR) is 149 cm³/mol. The van der Waals surface area contributed by atoms with E-state index in [0.717, 1.165) is 17.3 Å². The highest BCUT2D eigenvalue weighted by Crippen LogP contribution is 2.40. The first-order chi connectivity index (χ1) is 17.3. The highest BCUT2D eigenvalue weighted by atomic mass is 79.9. The maximum absolute atomic E-state index is 13.0. The third kappa shape index (κ3) is 6.21. The minimum atomic E-state index is -0.378. The van der Waals surface area contributed by atoms with Gasteiger partial charge in [0.05, 0.1) is 22.5 Å². The lowest BCUT2D eigenvalue weighted by Gasteiger charge is -2.15. The van der Waals surface area contributed by atoms with Crippen LogP contribution in [0, 0.1) is 0 Å². The number of halogens is 4. The molecule has 0 aromatic heterocycles. The van der Waals surface area contributed by atoms with Crippen LogP contribution in [0.3, 0.4) is 0 Å². The molecule has 36 heavy (non-hydrogen) atoms. The second kappa shape index (κ2) is 11.9. The molecule has 0 saturated carbocycles. The molecule has 0 radical (unpaired) electrons. The molecular weight excluding hydrogens is 609 g/mol. The van der Waals surface area contributed by atoms with Crippen LogP contribution in [-0.4, -0.2) is 22.7 Å². The molecule has 0 bridgehead atoms. The number of rotatable bonds is 8. The van der Waals surface area contributed by atoms with Crippen molar-refractivity contribution in [2.75, 3.05) is 6.61 Å². The van der Waals surface area contributed by atoms with Crippen LogP contribution in [0.1, 0.15) is 23.6 Å². The molecular formula is C26H19BrCl3NO4S. The standard InChI is InChI=1S/C26H19BrCl3NO4S/c1-2-34-22-10-15(9-19(27)24(22)35-14-17-7-8-18(28)12-21(17)30)11-23-25(32)31(26(33)36-23)13-16-5-3-4-6-20(16)29/h3-12H,2,13-14H2,1H3/b23-11-. The van der Waals surface area contributed by atoms with Gasteiger partial charge in [0.2, 0.25) is 0 Å². The molecule has 4 rings (SSSR count). The fourth-order valence-corrected chi connectivity index (χ4v) is 5.52. The summed E-state index contributed by atoms with van der Waals surface area (Å²) in [5.74, 6) is 0.599. The van der Waals surface area contributed by atoms with Crippen LogP contribution in [0.5, 0.6) is 11.5 Å². The number of imide groups is 1. The van der Waals surface area contributed by atoms with E-state index in [0.29, 0.717) is 53.7 Å². The Morgan fingerprint density at radius 1 is 0.972 bits per heavy atom. The summed E-state index contributed by atoms with van der Waals surface area (Å²) in [6, 6.07) is 15.9. The first-order valence-electron chi connectivity index (χ1n) is 10.8. The number of carbonyl (C=O) groups is 2. The minimum Gasteiger partial charge on any atom is -0.490 e. The van der Waals surface area contributed by atoms with Crippen molar-refractivity contribution < 1.29 is 19.1 Å². The van der Waals surface area contributed by atoms with Crippen LogP contribution >= 0.6 is 62.5 Å². The number of nitrogens with zero attached hydrogens (tertiary/aromatic N) is 1. The van der Waals surface area contributed by atoms with E-state index < -0.39 is 0 Å². The van der Waals surface area contributed by atoms with Gasteiger partial charge in [-0.25, -0.2) is 0 Å². The van der Waals surface area contributed by atoms with Crippen molar-refractivity contribution in [2.24, 2.45) is 0 Å². The summed E-state index contributed by atoms with van der Waals surface area (Å²) < 4.78 is 12.4. The quantitative estimate of drug-likeness (QED) is 0.234. The van der Waals surface area contributed by atoms with Gasteiger partial charge in [0.25, 0.3) is 11.1 Å². The van der Waals surface area contributed by atoms with Crippen LogP contribution in [0.4, 0.5) is 4.79 Å². The van der Waals surface area contributed by atoms with Gasteiger partial charge >= 0.3 is 0 Å². The molecule has 1 fully saturated rings. The average Bonchev–Trinajstić information content (AvgIpc) is 3.08. The van der Waals surface area contributed by atoms with E-state index in [1.807, 2.05) is 13.0 Å². The van der Waals surface area contributed by atoms with E-state index in [1.165, 1.54) is 4.90 Å². The molecule has 1 aliphatic rings. The maximum atomic E-state index is 13.0. The third-order valence-corrected chi connectivity index (χ3v) is 7.63. The molecule has 0 unspecified atom stereocenters. The number of hydrogen-bond donors (Lipinski definition) is 0. The largest absolute Gasteiger partial charge is 0.490 e. The lowest BCUT2D eigenvalue weighted by molar-refractivity contribution is -0.123. The summed E-state index contributed by atoms with van der Waals surface area (Å²) in [5.41, 5.74) is 2.14. The van der Waals surface area contributed by atoms with Crippen molar-refractivity contribution in [1.82, 2.24) is 4.90 Å². The summed E-state index contributed by atoms with van der Waals surface area (Å²) in [5, 5.41) is 1.19. The molecule has 0 spiro atoms. The molecule has 0 atom stereocenters. The summed E-state index contributed by atoms with van der Waals surface area (Å²) >= 11 is 22.9. The predicted octanol–water partition coefficient (Wildman–Crippen LogP) is 8.62. The van der Waals surface area contributed by atoms with Crippen molar-refractivity contribution in [3.05, 3.63) is 95.7 Å². The smallest absolute Gasteiger partial charge is 0.293 e. The van der Waals surface area contributed by atoms with Crippen LogP contribution in [-0.2, 0) is 17.9 Å². The van der Waals surface area contributed by atoms with Gasteiger partial charge in [0, 0.05) is 20.6 Å². The van der Waals surface area contributed by atoms with Crippen molar-refractivity contribution in [2.45, 2.75) is 20.1 Å². The molecule has 3 aromatic rings. The zero-order valence-electron chi connectivity index (χ0n) is 18.9. The highest BCUT2D eigenvalue weighted by molar-refractivity contribution is 9.10. The molecule has 1 heterocycles. The third-order valence-electron chi connectivity index (χ3n) is 5.18. The minimum absolute atomic E-state index is 0.107. The molecule has 10 heteroatoms. The van der Waals surface area contributed by atoms with E-state index >= 15 is 0 Å². The Morgan fingerprint density at radius 2 is 1.75 bits per heavy atom. The van der Waals surface area contributed by atoms with Crippen LogP contribution in [0.2, 0.25) is 15.1 Å². The van der Waals surface area contributed by atoms with Crippen molar-refractivity contribution in [3.63, 3.8) is 0 Å². The number of ether oxygens (including phenoxy) is 2. The lowest BCUT2D eigenvalue weighted by Crippen LogP contribution is -2.27. The number of thioether (sulfide) groups is 1. The Hall–Kier alpha value is -2.16. The Labute approximate surface area is 236 Å². The molecule has 5 nitrogen and oxygen atoms in total.